The minimum Gasteiger partial charge on any atom is -0.507 e. The number of halogens is 1. The smallest absolute Gasteiger partial charge is 0.293 e. The van der Waals surface area contributed by atoms with Crippen LogP contribution in [-0.2, 0) is 0 Å². The van der Waals surface area contributed by atoms with Gasteiger partial charge in [-0.15, -0.1) is 0 Å². The van der Waals surface area contributed by atoms with Crippen molar-refractivity contribution in [2.24, 2.45) is 5.10 Å². The molecule has 1 amide bonds. The third-order valence-corrected chi connectivity index (χ3v) is 4.37. The Kier molecular flexibility index (Phi) is 4.12. The van der Waals surface area contributed by atoms with Crippen LogP contribution in [-0.4, -0.2) is 27.4 Å². The molecule has 0 saturated carbocycles. The number of fused-ring (bicyclic) bond motifs is 1. The second kappa shape index (κ2) is 6.21. The van der Waals surface area contributed by atoms with E-state index in [2.05, 4.69) is 36.7 Å². The van der Waals surface area contributed by atoms with Crippen molar-refractivity contribution in [2.45, 2.75) is 6.92 Å². The van der Waals surface area contributed by atoms with Gasteiger partial charge in [0.2, 0.25) is 0 Å². The summed E-state index contributed by atoms with van der Waals surface area (Å²) < 4.78 is 0.596. The third-order valence-electron chi connectivity index (χ3n) is 3.40. The predicted molar refractivity (Wildman–Crippen MR) is 91.7 cm³/mol. The summed E-state index contributed by atoms with van der Waals surface area (Å²) in [4.78, 5) is 12.0. The molecule has 0 radical (unpaired) electrons. The predicted octanol–water partition coefficient (Wildman–Crippen LogP) is 3.10. The second-order valence-corrected chi connectivity index (χ2v) is 5.72. The Labute approximate surface area is 140 Å². The number of aryl methyl sites for hydroxylation is 1. The van der Waals surface area contributed by atoms with Gasteiger partial charge >= 0.3 is 0 Å². The molecule has 0 spiro atoms. The van der Waals surface area contributed by atoms with Crippen LogP contribution in [0.25, 0.3) is 10.8 Å². The van der Waals surface area contributed by atoms with Crippen LogP contribution in [0.1, 0.15) is 21.7 Å². The molecule has 116 valence electrons. The number of aromatic amines is 1. The summed E-state index contributed by atoms with van der Waals surface area (Å²) in [6.07, 6.45) is 1.42. The van der Waals surface area contributed by atoms with Crippen molar-refractivity contribution in [2.75, 3.05) is 0 Å². The number of carbonyl (C=O) groups excluding carboxylic acids is 1. The molecule has 0 aliphatic heterocycles. The standard InChI is InChI=1S/C16H13BrN4O2/c1-9-14(17)15(20-19-9)16(23)21-18-8-12-11-5-3-2-4-10(11)6-7-13(12)22/h2-8,22H,1H3,(H,19,20)(H,21,23)/b18-8+. The maximum atomic E-state index is 12.0. The SMILES string of the molecule is Cc1[nH]nc(C(=O)N/N=C/c2c(O)ccc3ccccc23)c1Br. The average Bonchev–Trinajstić information content (AvgIpc) is 2.89. The van der Waals surface area contributed by atoms with Crippen molar-refractivity contribution in [1.29, 1.82) is 0 Å². The van der Waals surface area contributed by atoms with Crippen molar-refractivity contribution in [3.63, 3.8) is 0 Å². The highest BCUT2D eigenvalue weighted by Crippen LogP contribution is 2.25. The summed E-state index contributed by atoms with van der Waals surface area (Å²) in [6.45, 7) is 1.80. The lowest BCUT2D eigenvalue weighted by atomic mass is 10.0. The summed E-state index contributed by atoms with van der Waals surface area (Å²) in [5, 5.41) is 22.4. The summed E-state index contributed by atoms with van der Waals surface area (Å²) in [5.74, 6) is -0.351. The van der Waals surface area contributed by atoms with E-state index in [0.29, 0.717) is 10.0 Å². The normalized spacial score (nSPS) is 11.2. The van der Waals surface area contributed by atoms with E-state index in [-0.39, 0.29) is 11.4 Å². The van der Waals surface area contributed by atoms with Gasteiger partial charge in [0.25, 0.3) is 5.91 Å². The molecule has 0 saturated heterocycles. The Morgan fingerprint density at radius 3 is 2.87 bits per heavy atom. The van der Waals surface area contributed by atoms with Crippen molar-refractivity contribution in [3.8, 4) is 5.75 Å². The number of nitrogens with zero attached hydrogens (tertiary/aromatic N) is 2. The van der Waals surface area contributed by atoms with Crippen molar-refractivity contribution >= 4 is 38.8 Å². The van der Waals surface area contributed by atoms with Gasteiger partial charge in [-0.1, -0.05) is 30.3 Å². The van der Waals surface area contributed by atoms with Crippen LogP contribution in [0.4, 0.5) is 0 Å². The quantitative estimate of drug-likeness (QED) is 0.487. The minimum atomic E-state index is -0.447. The molecule has 1 heterocycles. The number of aromatic nitrogens is 2. The molecular weight excluding hydrogens is 360 g/mol. The summed E-state index contributed by atoms with van der Waals surface area (Å²) in [7, 11) is 0. The summed E-state index contributed by atoms with van der Waals surface area (Å²) in [6, 6.07) is 11.0. The Morgan fingerprint density at radius 2 is 2.13 bits per heavy atom. The van der Waals surface area contributed by atoms with Crippen LogP contribution < -0.4 is 5.43 Å². The van der Waals surface area contributed by atoms with Crippen LogP contribution in [0.3, 0.4) is 0 Å². The monoisotopic (exact) mass is 372 g/mol. The highest BCUT2D eigenvalue weighted by Gasteiger charge is 2.15. The van der Waals surface area contributed by atoms with E-state index in [1.165, 1.54) is 6.21 Å². The van der Waals surface area contributed by atoms with Crippen molar-refractivity contribution in [3.05, 3.63) is 57.8 Å². The van der Waals surface area contributed by atoms with Crippen LogP contribution in [0.5, 0.6) is 5.75 Å². The van der Waals surface area contributed by atoms with Crippen molar-refractivity contribution in [1.82, 2.24) is 15.6 Å². The minimum absolute atomic E-state index is 0.0958. The molecule has 3 N–H and O–H groups in total. The van der Waals surface area contributed by atoms with Gasteiger partial charge in [-0.2, -0.15) is 10.2 Å². The number of rotatable bonds is 3. The maximum Gasteiger partial charge on any atom is 0.293 e. The highest BCUT2D eigenvalue weighted by atomic mass is 79.9. The molecule has 23 heavy (non-hydrogen) atoms. The van der Waals surface area contributed by atoms with Gasteiger partial charge in [-0.05, 0) is 39.7 Å². The Bertz CT molecular complexity index is 918. The second-order valence-electron chi connectivity index (χ2n) is 4.93. The number of phenolic OH excluding ortho intramolecular Hbond substituents is 1. The number of hydrogen-bond acceptors (Lipinski definition) is 4. The molecule has 3 rings (SSSR count). The number of H-pyrrole nitrogens is 1. The number of aromatic hydroxyl groups is 1. The number of benzene rings is 2. The molecule has 7 heteroatoms. The first kappa shape index (κ1) is 15.2. The van der Waals surface area contributed by atoms with Crippen molar-refractivity contribution < 1.29 is 9.90 Å². The highest BCUT2D eigenvalue weighted by molar-refractivity contribution is 9.10. The fourth-order valence-electron chi connectivity index (χ4n) is 2.19. The van der Waals surface area contributed by atoms with Crippen LogP contribution in [0.15, 0.2) is 46.0 Å². The lowest BCUT2D eigenvalue weighted by Crippen LogP contribution is -2.18. The number of hydrogen-bond donors (Lipinski definition) is 3. The zero-order valence-electron chi connectivity index (χ0n) is 12.2. The van der Waals surface area contributed by atoms with Gasteiger partial charge in [0.05, 0.1) is 10.7 Å². The fraction of sp³-hybridized carbons (Fsp3) is 0.0625. The Balaban J connectivity index is 1.85. The van der Waals surface area contributed by atoms with Gasteiger partial charge in [0.15, 0.2) is 5.69 Å². The molecule has 0 aliphatic rings. The van der Waals surface area contributed by atoms with Gasteiger partial charge in [0.1, 0.15) is 5.75 Å². The van der Waals surface area contributed by atoms with Gasteiger partial charge < -0.3 is 5.11 Å². The largest absolute Gasteiger partial charge is 0.507 e. The molecular formula is C16H13BrN4O2. The van der Waals surface area contributed by atoms with Crippen LogP contribution >= 0.6 is 15.9 Å². The van der Waals surface area contributed by atoms with E-state index in [9.17, 15) is 9.90 Å². The third kappa shape index (κ3) is 2.95. The average molecular weight is 373 g/mol. The topological polar surface area (TPSA) is 90.4 Å². The number of phenols is 1. The lowest BCUT2D eigenvalue weighted by Gasteiger charge is -2.04. The molecule has 0 aliphatic carbocycles. The van der Waals surface area contributed by atoms with E-state index in [1.807, 2.05) is 30.3 Å². The van der Waals surface area contributed by atoms with Gasteiger partial charge in [-0.25, -0.2) is 5.43 Å². The summed E-state index contributed by atoms with van der Waals surface area (Å²) >= 11 is 3.29. The maximum absolute atomic E-state index is 12.0. The number of amides is 1. The molecule has 0 fully saturated rings. The molecule has 0 unspecified atom stereocenters. The van der Waals surface area contributed by atoms with Crippen LogP contribution in [0, 0.1) is 6.92 Å². The number of nitrogens with one attached hydrogen (secondary N) is 2. The molecule has 3 aromatic rings. The molecule has 0 atom stereocenters. The first-order valence-electron chi connectivity index (χ1n) is 6.82. The van der Waals surface area contributed by atoms with E-state index < -0.39 is 5.91 Å². The van der Waals surface area contributed by atoms with E-state index in [1.54, 1.807) is 13.0 Å². The van der Waals surface area contributed by atoms with E-state index >= 15 is 0 Å². The zero-order valence-corrected chi connectivity index (χ0v) is 13.8. The molecule has 6 nitrogen and oxygen atoms in total. The molecule has 0 bridgehead atoms. The van der Waals surface area contributed by atoms with E-state index in [4.69, 9.17) is 0 Å². The summed E-state index contributed by atoms with van der Waals surface area (Å²) in [5.41, 5.74) is 3.92. The number of carbonyl (C=O) groups is 1. The van der Waals surface area contributed by atoms with E-state index in [0.717, 1.165) is 16.5 Å². The molecule has 1 aromatic heterocycles. The Morgan fingerprint density at radius 1 is 1.35 bits per heavy atom. The lowest BCUT2D eigenvalue weighted by molar-refractivity contribution is 0.0949. The van der Waals surface area contributed by atoms with Gasteiger partial charge in [0, 0.05) is 11.3 Å². The molecule has 2 aromatic carbocycles. The number of hydrazone groups is 1. The van der Waals surface area contributed by atoms with Crippen LogP contribution in [0.2, 0.25) is 0 Å². The Hall–Kier alpha value is -2.67. The zero-order chi connectivity index (χ0) is 16.4. The first-order valence-corrected chi connectivity index (χ1v) is 7.62. The van der Waals surface area contributed by atoms with Gasteiger partial charge in [-0.3, -0.25) is 9.89 Å². The first-order chi connectivity index (χ1) is 11.1. The fourth-order valence-corrected chi connectivity index (χ4v) is 2.55.